The highest BCUT2D eigenvalue weighted by Gasteiger charge is 2.27. The molecule has 0 aromatic carbocycles. The van der Waals surface area contributed by atoms with E-state index < -0.39 is 0 Å². The molecule has 1 N–H and O–H groups in total. The largest absolute Gasteiger partial charge is 0.372 e. The molecule has 0 amide bonds. The van der Waals surface area contributed by atoms with E-state index in [-0.39, 0.29) is 5.78 Å². The van der Waals surface area contributed by atoms with Gasteiger partial charge in [-0.15, -0.1) is 0 Å². The molecule has 2 rings (SSSR count). The summed E-state index contributed by atoms with van der Waals surface area (Å²) in [5, 5.41) is 4.52. The van der Waals surface area contributed by atoms with E-state index in [0.717, 1.165) is 22.2 Å². The van der Waals surface area contributed by atoms with Crippen LogP contribution in [-0.2, 0) is 0 Å². The zero-order valence-corrected chi connectivity index (χ0v) is 12.4. The predicted octanol–water partition coefficient (Wildman–Crippen LogP) is 3.89. The number of Topliss-reactive ketones (excluding diaryl/α,β-unsaturated/α-hetero) is 1. The van der Waals surface area contributed by atoms with Gasteiger partial charge < -0.3 is 5.32 Å². The van der Waals surface area contributed by atoms with Gasteiger partial charge in [0, 0.05) is 6.04 Å². The summed E-state index contributed by atoms with van der Waals surface area (Å²) in [5.41, 5.74) is 1.64. The lowest BCUT2D eigenvalue weighted by Crippen LogP contribution is -2.33. The van der Waals surface area contributed by atoms with E-state index in [9.17, 15) is 4.79 Å². The molecule has 4 heteroatoms. The van der Waals surface area contributed by atoms with E-state index in [1.807, 2.05) is 6.92 Å². The molecule has 0 aliphatic heterocycles. The molecule has 3 atom stereocenters. The van der Waals surface area contributed by atoms with Crippen molar-refractivity contribution in [2.75, 3.05) is 5.32 Å². The van der Waals surface area contributed by atoms with Crippen LogP contribution in [0.3, 0.4) is 0 Å². The minimum Gasteiger partial charge on any atom is -0.372 e. The minimum atomic E-state index is 0.112. The van der Waals surface area contributed by atoms with Crippen LogP contribution in [0.4, 0.5) is 5.00 Å². The molecule has 1 fully saturated rings. The predicted molar refractivity (Wildman–Crippen MR) is 76.4 cm³/mol. The second-order valence-corrected chi connectivity index (χ2v) is 6.45. The molecule has 3 unspecified atom stereocenters. The average molecular weight is 266 g/mol. The number of aryl methyl sites for hydroxylation is 1. The third kappa shape index (κ3) is 2.74. The maximum Gasteiger partial charge on any atom is 0.164 e. The van der Waals surface area contributed by atoms with Gasteiger partial charge >= 0.3 is 0 Å². The first-order valence-electron chi connectivity index (χ1n) is 6.72. The van der Waals surface area contributed by atoms with Crippen molar-refractivity contribution in [1.82, 2.24) is 4.37 Å². The highest BCUT2D eigenvalue weighted by atomic mass is 32.1. The SMILES string of the molecule is CC(=O)c1c(C)nsc1NC1CCC(C)CC1C. The molecule has 0 radical (unpaired) electrons. The molecular weight excluding hydrogens is 244 g/mol. The van der Waals surface area contributed by atoms with E-state index in [2.05, 4.69) is 23.5 Å². The summed E-state index contributed by atoms with van der Waals surface area (Å²) in [5.74, 6) is 1.60. The monoisotopic (exact) mass is 266 g/mol. The van der Waals surface area contributed by atoms with Crippen molar-refractivity contribution in [3.05, 3.63) is 11.3 Å². The third-order valence-electron chi connectivity index (χ3n) is 3.96. The summed E-state index contributed by atoms with van der Waals surface area (Å²) >= 11 is 1.42. The van der Waals surface area contributed by atoms with Crippen molar-refractivity contribution in [3.8, 4) is 0 Å². The Balaban J connectivity index is 2.12. The maximum absolute atomic E-state index is 11.7. The van der Waals surface area contributed by atoms with Crippen LogP contribution in [0.1, 0.15) is 56.1 Å². The second kappa shape index (κ2) is 5.39. The van der Waals surface area contributed by atoms with Crippen molar-refractivity contribution < 1.29 is 4.79 Å². The van der Waals surface area contributed by atoms with E-state index in [1.54, 1.807) is 6.92 Å². The van der Waals surface area contributed by atoms with Gasteiger partial charge in [0.15, 0.2) is 5.78 Å². The van der Waals surface area contributed by atoms with Crippen molar-refractivity contribution in [1.29, 1.82) is 0 Å². The van der Waals surface area contributed by atoms with Crippen LogP contribution in [-0.4, -0.2) is 16.2 Å². The first-order valence-corrected chi connectivity index (χ1v) is 7.50. The van der Waals surface area contributed by atoms with Crippen molar-refractivity contribution in [3.63, 3.8) is 0 Å². The zero-order chi connectivity index (χ0) is 13.3. The van der Waals surface area contributed by atoms with E-state index in [1.165, 1.54) is 30.8 Å². The smallest absolute Gasteiger partial charge is 0.164 e. The van der Waals surface area contributed by atoms with Crippen molar-refractivity contribution in [2.45, 2.75) is 53.0 Å². The normalized spacial score (nSPS) is 28.1. The van der Waals surface area contributed by atoms with Crippen LogP contribution in [0.5, 0.6) is 0 Å². The van der Waals surface area contributed by atoms with Crippen LogP contribution < -0.4 is 5.32 Å². The van der Waals surface area contributed by atoms with Gasteiger partial charge in [0.25, 0.3) is 0 Å². The Kier molecular flexibility index (Phi) is 4.05. The number of anilines is 1. The van der Waals surface area contributed by atoms with Gasteiger partial charge in [-0.25, -0.2) is 0 Å². The molecule has 1 aliphatic carbocycles. The topological polar surface area (TPSA) is 42.0 Å². The van der Waals surface area contributed by atoms with Crippen LogP contribution in [0.15, 0.2) is 0 Å². The number of carbonyl (C=O) groups is 1. The molecule has 3 nitrogen and oxygen atoms in total. The fourth-order valence-corrected chi connectivity index (χ4v) is 3.84. The lowest BCUT2D eigenvalue weighted by molar-refractivity contribution is 0.101. The van der Waals surface area contributed by atoms with Crippen LogP contribution in [0.25, 0.3) is 0 Å². The molecule has 1 heterocycles. The highest BCUT2D eigenvalue weighted by molar-refractivity contribution is 7.10. The van der Waals surface area contributed by atoms with Gasteiger partial charge in [0.2, 0.25) is 0 Å². The maximum atomic E-state index is 11.7. The Morgan fingerprint density at radius 1 is 1.39 bits per heavy atom. The minimum absolute atomic E-state index is 0.112. The zero-order valence-electron chi connectivity index (χ0n) is 11.6. The van der Waals surface area contributed by atoms with Crippen LogP contribution in [0, 0.1) is 18.8 Å². The van der Waals surface area contributed by atoms with E-state index in [4.69, 9.17) is 0 Å². The van der Waals surface area contributed by atoms with Gasteiger partial charge in [0.1, 0.15) is 5.00 Å². The number of hydrogen-bond donors (Lipinski definition) is 1. The molecule has 100 valence electrons. The first-order chi connectivity index (χ1) is 8.49. The van der Waals surface area contributed by atoms with Crippen LogP contribution >= 0.6 is 11.5 Å². The number of ketones is 1. The lowest BCUT2D eigenvalue weighted by atomic mass is 9.80. The number of nitrogens with one attached hydrogen (secondary N) is 1. The standard InChI is InChI=1S/C14H22N2OS/c1-8-5-6-12(9(2)7-8)15-14-13(11(4)17)10(3)16-18-14/h8-9,12,15H,5-7H2,1-4H3. The molecule has 1 aliphatic rings. The summed E-state index contributed by atoms with van der Waals surface area (Å²) < 4.78 is 4.30. The Morgan fingerprint density at radius 2 is 2.11 bits per heavy atom. The third-order valence-corrected chi connectivity index (χ3v) is 4.83. The summed E-state index contributed by atoms with van der Waals surface area (Å²) in [7, 11) is 0. The van der Waals surface area contributed by atoms with Gasteiger partial charge in [-0.1, -0.05) is 13.8 Å². The average Bonchev–Trinajstić information content (AvgIpc) is 2.64. The fourth-order valence-electron chi connectivity index (χ4n) is 2.93. The molecule has 0 bridgehead atoms. The van der Waals surface area contributed by atoms with Gasteiger partial charge in [-0.2, -0.15) is 4.37 Å². The van der Waals surface area contributed by atoms with Gasteiger partial charge in [-0.05, 0) is 56.5 Å². The molecule has 18 heavy (non-hydrogen) atoms. The Morgan fingerprint density at radius 3 is 2.72 bits per heavy atom. The summed E-state index contributed by atoms with van der Waals surface area (Å²) in [6, 6.07) is 0.485. The molecule has 0 spiro atoms. The number of aromatic nitrogens is 1. The molecular formula is C14H22N2OS. The fraction of sp³-hybridized carbons (Fsp3) is 0.714. The highest BCUT2D eigenvalue weighted by Crippen LogP contribution is 2.33. The molecule has 1 aromatic heterocycles. The Hall–Kier alpha value is -0.900. The Labute approximate surface area is 113 Å². The second-order valence-electron chi connectivity index (χ2n) is 5.67. The number of rotatable bonds is 3. The quantitative estimate of drug-likeness (QED) is 0.844. The molecule has 0 saturated heterocycles. The molecule has 1 aromatic rings. The van der Waals surface area contributed by atoms with Crippen molar-refractivity contribution >= 4 is 22.3 Å². The van der Waals surface area contributed by atoms with E-state index in [0.29, 0.717) is 12.0 Å². The first kappa shape index (κ1) is 13.5. The Bertz CT molecular complexity index is 441. The molecule has 1 saturated carbocycles. The number of carbonyl (C=O) groups excluding carboxylic acids is 1. The number of hydrogen-bond acceptors (Lipinski definition) is 4. The van der Waals surface area contributed by atoms with Gasteiger partial charge in [-0.3, -0.25) is 4.79 Å². The van der Waals surface area contributed by atoms with Crippen LogP contribution in [0.2, 0.25) is 0 Å². The van der Waals surface area contributed by atoms with E-state index >= 15 is 0 Å². The summed E-state index contributed by atoms with van der Waals surface area (Å²) in [4.78, 5) is 11.7. The van der Waals surface area contributed by atoms with Gasteiger partial charge in [0.05, 0.1) is 11.3 Å². The van der Waals surface area contributed by atoms with Crippen molar-refractivity contribution in [2.24, 2.45) is 11.8 Å². The number of nitrogens with zero attached hydrogens (tertiary/aromatic N) is 1. The summed E-state index contributed by atoms with van der Waals surface area (Å²) in [6.45, 7) is 8.15. The summed E-state index contributed by atoms with van der Waals surface area (Å²) in [6.07, 6.45) is 3.73. The lowest BCUT2D eigenvalue weighted by Gasteiger charge is -2.33.